The van der Waals surface area contributed by atoms with Crippen molar-refractivity contribution in [3.8, 4) is 5.75 Å². The van der Waals surface area contributed by atoms with E-state index in [4.69, 9.17) is 16.3 Å². The highest BCUT2D eigenvalue weighted by atomic mass is 35.5. The maximum Gasteiger partial charge on any atom is 0.282 e. The van der Waals surface area contributed by atoms with Gasteiger partial charge >= 0.3 is 0 Å². The van der Waals surface area contributed by atoms with Crippen LogP contribution in [0.2, 0.25) is 5.15 Å². The summed E-state index contributed by atoms with van der Waals surface area (Å²) in [4.78, 5) is 29.4. The minimum absolute atomic E-state index is 0.223. The molecule has 1 aliphatic heterocycles. The van der Waals surface area contributed by atoms with Crippen LogP contribution in [0, 0.1) is 0 Å². The number of amides is 2. The van der Waals surface area contributed by atoms with E-state index in [-0.39, 0.29) is 5.15 Å². The van der Waals surface area contributed by atoms with Gasteiger partial charge in [0.25, 0.3) is 11.8 Å². The molecule has 9 heteroatoms. The normalized spacial score (nSPS) is 13.3. The number of nitrogens with zero attached hydrogens (tertiary/aromatic N) is 3. The van der Waals surface area contributed by atoms with Crippen molar-refractivity contribution in [1.29, 1.82) is 0 Å². The summed E-state index contributed by atoms with van der Waals surface area (Å²) in [6.07, 6.45) is 1.36. The number of hydrazone groups is 1. The number of benzene rings is 2. The maximum atomic E-state index is 12.3. The van der Waals surface area contributed by atoms with Gasteiger partial charge in [0.1, 0.15) is 5.75 Å². The Bertz CT molecular complexity index is 1060. The van der Waals surface area contributed by atoms with Gasteiger partial charge in [-0.25, -0.2) is 4.98 Å². The Morgan fingerprint density at radius 3 is 2.36 bits per heavy atom. The zero-order chi connectivity index (χ0) is 19.7. The molecule has 4 rings (SSSR count). The number of carbonyl (C=O) groups is 2. The monoisotopic (exact) mass is 412 g/mol. The minimum Gasteiger partial charge on any atom is -0.497 e. The van der Waals surface area contributed by atoms with E-state index >= 15 is 0 Å². The van der Waals surface area contributed by atoms with Crippen molar-refractivity contribution in [3.05, 3.63) is 69.7 Å². The molecule has 0 bridgehead atoms. The fraction of sp³-hybridized carbons (Fsp3) is 0.0526. The van der Waals surface area contributed by atoms with E-state index in [1.807, 2.05) is 24.3 Å². The van der Waals surface area contributed by atoms with Crippen molar-refractivity contribution >= 4 is 51.8 Å². The van der Waals surface area contributed by atoms with Gasteiger partial charge in [-0.3, -0.25) is 9.59 Å². The zero-order valence-electron chi connectivity index (χ0n) is 14.5. The minimum atomic E-state index is -0.464. The molecular weight excluding hydrogens is 400 g/mol. The SMILES string of the molecule is COc1ccc(Nc2nc(Cl)c(/C=N/N3C(=O)c4ccccc4C3=O)s2)cc1. The van der Waals surface area contributed by atoms with Gasteiger partial charge in [-0.15, -0.1) is 0 Å². The second kappa shape index (κ2) is 7.41. The highest BCUT2D eigenvalue weighted by Crippen LogP contribution is 2.29. The van der Waals surface area contributed by atoms with E-state index in [2.05, 4.69) is 15.4 Å². The first-order valence-electron chi connectivity index (χ1n) is 8.16. The number of hydrogen-bond donors (Lipinski definition) is 1. The molecule has 0 radical (unpaired) electrons. The fourth-order valence-electron chi connectivity index (χ4n) is 2.64. The van der Waals surface area contributed by atoms with Crippen molar-refractivity contribution in [2.75, 3.05) is 12.4 Å². The molecule has 7 nitrogen and oxygen atoms in total. The highest BCUT2D eigenvalue weighted by molar-refractivity contribution is 7.17. The summed E-state index contributed by atoms with van der Waals surface area (Å²) in [5.74, 6) is -0.181. The van der Waals surface area contributed by atoms with Gasteiger partial charge in [-0.05, 0) is 36.4 Å². The summed E-state index contributed by atoms with van der Waals surface area (Å²) in [6.45, 7) is 0. The Hall–Kier alpha value is -3.23. The largest absolute Gasteiger partial charge is 0.497 e. The number of fused-ring (bicyclic) bond motifs is 1. The average Bonchev–Trinajstić information content (AvgIpc) is 3.18. The predicted octanol–water partition coefficient (Wildman–Crippen LogP) is 4.18. The molecule has 1 aliphatic rings. The van der Waals surface area contributed by atoms with Crippen molar-refractivity contribution < 1.29 is 14.3 Å². The summed E-state index contributed by atoms with van der Waals surface area (Å²) >= 11 is 7.42. The summed E-state index contributed by atoms with van der Waals surface area (Å²) in [6, 6.07) is 13.9. The van der Waals surface area contributed by atoms with Crippen LogP contribution >= 0.6 is 22.9 Å². The molecular formula is C19H13ClN4O3S. The van der Waals surface area contributed by atoms with E-state index in [0.29, 0.717) is 21.1 Å². The first-order chi connectivity index (χ1) is 13.6. The van der Waals surface area contributed by atoms with Gasteiger partial charge in [0.2, 0.25) is 0 Å². The lowest BCUT2D eigenvalue weighted by Gasteiger charge is -2.04. The Kier molecular flexibility index (Phi) is 4.81. The van der Waals surface area contributed by atoms with Crippen LogP contribution < -0.4 is 10.1 Å². The Labute approximate surface area is 169 Å². The van der Waals surface area contributed by atoms with Crippen LogP contribution in [0.5, 0.6) is 5.75 Å². The summed E-state index contributed by atoms with van der Waals surface area (Å²) in [5, 5.41) is 8.77. The number of imide groups is 1. The Morgan fingerprint density at radius 1 is 1.11 bits per heavy atom. The van der Waals surface area contributed by atoms with Gasteiger partial charge in [-0.1, -0.05) is 35.1 Å². The molecule has 0 saturated heterocycles. The van der Waals surface area contributed by atoms with Crippen molar-refractivity contribution in [2.45, 2.75) is 0 Å². The lowest BCUT2D eigenvalue weighted by Crippen LogP contribution is -2.23. The van der Waals surface area contributed by atoms with Gasteiger partial charge in [0.05, 0.1) is 29.3 Å². The van der Waals surface area contributed by atoms with Crippen molar-refractivity contribution in [2.24, 2.45) is 5.10 Å². The second-order valence-corrected chi connectivity index (χ2v) is 7.13. The first kappa shape index (κ1) is 18.1. The molecule has 140 valence electrons. The number of aromatic nitrogens is 1. The number of nitrogens with one attached hydrogen (secondary N) is 1. The molecule has 28 heavy (non-hydrogen) atoms. The molecule has 2 amide bonds. The Morgan fingerprint density at radius 2 is 1.75 bits per heavy atom. The van der Waals surface area contributed by atoms with Crippen molar-refractivity contribution in [1.82, 2.24) is 9.99 Å². The quantitative estimate of drug-likeness (QED) is 0.502. The molecule has 1 N–H and O–H groups in total. The molecule has 1 aromatic heterocycles. The third-order valence-electron chi connectivity index (χ3n) is 4.01. The van der Waals surface area contributed by atoms with Crippen LogP contribution in [0.4, 0.5) is 10.8 Å². The highest BCUT2D eigenvalue weighted by Gasteiger charge is 2.35. The van der Waals surface area contributed by atoms with Crippen LogP contribution in [0.3, 0.4) is 0 Å². The molecule has 0 saturated carbocycles. The van der Waals surface area contributed by atoms with E-state index in [1.165, 1.54) is 17.6 Å². The lowest BCUT2D eigenvalue weighted by atomic mass is 10.1. The number of carbonyl (C=O) groups excluding carboxylic acids is 2. The third kappa shape index (κ3) is 3.35. The smallest absolute Gasteiger partial charge is 0.282 e. The van der Waals surface area contributed by atoms with Crippen LogP contribution in [0.15, 0.2) is 53.6 Å². The third-order valence-corrected chi connectivity index (χ3v) is 5.32. The molecule has 2 aromatic carbocycles. The van der Waals surface area contributed by atoms with Gasteiger partial charge < -0.3 is 10.1 Å². The van der Waals surface area contributed by atoms with Gasteiger partial charge in [0, 0.05) is 5.69 Å². The van der Waals surface area contributed by atoms with Gasteiger partial charge in [-0.2, -0.15) is 10.1 Å². The van der Waals surface area contributed by atoms with Crippen molar-refractivity contribution in [3.63, 3.8) is 0 Å². The van der Waals surface area contributed by atoms with Crippen LogP contribution in [0.25, 0.3) is 0 Å². The molecule has 0 spiro atoms. The Balaban J connectivity index is 1.51. The number of halogens is 1. The van der Waals surface area contributed by atoms with Gasteiger partial charge in [0.15, 0.2) is 10.3 Å². The number of thiazole rings is 1. The summed E-state index contributed by atoms with van der Waals surface area (Å²) in [7, 11) is 1.60. The van der Waals surface area contributed by atoms with E-state index in [9.17, 15) is 9.59 Å². The number of hydrogen-bond acceptors (Lipinski definition) is 7. The zero-order valence-corrected chi connectivity index (χ0v) is 16.1. The summed E-state index contributed by atoms with van der Waals surface area (Å²) < 4.78 is 5.12. The summed E-state index contributed by atoms with van der Waals surface area (Å²) in [5.41, 5.74) is 1.49. The van der Waals surface area contributed by atoms with E-state index in [0.717, 1.165) is 16.4 Å². The lowest BCUT2D eigenvalue weighted by molar-refractivity contribution is 0.0660. The van der Waals surface area contributed by atoms with Crippen LogP contribution in [-0.4, -0.2) is 35.1 Å². The van der Waals surface area contributed by atoms with Crippen LogP contribution in [0.1, 0.15) is 25.6 Å². The standard InChI is InChI=1S/C19H13ClN4O3S/c1-27-12-8-6-11(7-9-12)22-19-23-16(20)15(28-19)10-21-24-17(25)13-4-2-3-5-14(13)18(24)26/h2-10H,1H3,(H,22,23)/b21-10+. The molecule has 0 aliphatic carbocycles. The average molecular weight is 413 g/mol. The number of methoxy groups -OCH3 is 1. The maximum absolute atomic E-state index is 12.3. The molecule has 0 unspecified atom stereocenters. The predicted molar refractivity (Wildman–Crippen MR) is 108 cm³/mol. The fourth-order valence-corrected chi connectivity index (χ4v) is 3.68. The molecule has 3 aromatic rings. The van der Waals surface area contributed by atoms with Crippen LogP contribution in [-0.2, 0) is 0 Å². The number of anilines is 2. The number of ether oxygens (including phenoxy) is 1. The topological polar surface area (TPSA) is 83.9 Å². The molecule has 2 heterocycles. The molecule has 0 atom stereocenters. The van der Waals surface area contributed by atoms with E-state index in [1.54, 1.807) is 31.4 Å². The number of rotatable bonds is 5. The second-order valence-electron chi connectivity index (χ2n) is 5.74. The first-order valence-corrected chi connectivity index (χ1v) is 9.35. The molecule has 0 fully saturated rings. The van der Waals surface area contributed by atoms with E-state index < -0.39 is 11.8 Å².